The fraction of sp³-hybridized carbons (Fsp3) is 0.568. The molecule has 0 radical (unpaired) electrons. The molecular weight excluding hydrogens is 531 g/mol. The average Bonchev–Trinajstić information content (AvgIpc) is 3.23. The van der Waals surface area contributed by atoms with Crippen LogP contribution in [0.15, 0.2) is 59.7 Å². The van der Waals surface area contributed by atoms with Crippen molar-refractivity contribution in [2.45, 2.75) is 136 Å². The minimum atomic E-state index is 0.938. The quantitative estimate of drug-likeness (QED) is 0.1000. The van der Waals surface area contributed by atoms with Gasteiger partial charge in [0.2, 0.25) is 11.4 Å². The zero-order valence-electron chi connectivity index (χ0n) is 26.4. The molecule has 1 heterocycles. The maximum atomic E-state index is 11.4. The van der Waals surface area contributed by atoms with E-state index in [2.05, 4.69) is 90.1 Å². The van der Waals surface area contributed by atoms with Gasteiger partial charge in [0.15, 0.2) is 0 Å². The molecule has 2 aromatic rings. The van der Waals surface area contributed by atoms with Gasteiger partial charge in [0, 0.05) is 22.3 Å². The first-order chi connectivity index (χ1) is 19.5. The SMILES string of the molecule is CCCCCCCCC1=C(c2cccc(CC)c2)[N+](=[N-])C(c2cccc(CC)c2)=C1C.CCC[CH2][Ni][CH2]CCC. The van der Waals surface area contributed by atoms with Crippen LogP contribution in [-0.4, -0.2) is 4.70 Å². The Hall–Kier alpha value is -1.99. The Balaban J connectivity index is 0.000000536. The predicted octanol–water partition coefficient (Wildman–Crippen LogP) is 12.3. The zero-order chi connectivity index (χ0) is 29.2. The summed E-state index contributed by atoms with van der Waals surface area (Å²) in [6.07, 6.45) is 16.2. The first-order valence-electron chi connectivity index (χ1n) is 16.1. The summed E-state index contributed by atoms with van der Waals surface area (Å²) in [5.41, 5.74) is 20.6. The van der Waals surface area contributed by atoms with Crippen molar-refractivity contribution >= 4 is 11.4 Å². The summed E-state index contributed by atoms with van der Waals surface area (Å²) >= 11 is 1.94. The van der Waals surface area contributed by atoms with Crippen molar-refractivity contribution in [2.24, 2.45) is 0 Å². The number of unbranched alkanes of at least 4 members (excludes halogenated alkanes) is 7. The van der Waals surface area contributed by atoms with E-state index in [1.807, 2.05) is 14.4 Å². The summed E-state index contributed by atoms with van der Waals surface area (Å²) in [4.78, 5) is 0. The van der Waals surface area contributed by atoms with Crippen LogP contribution >= 0.6 is 0 Å². The van der Waals surface area contributed by atoms with Gasteiger partial charge in [-0.1, -0.05) is 77.1 Å². The molecule has 0 fully saturated rings. The fourth-order valence-corrected chi connectivity index (χ4v) is 6.52. The molecule has 0 bridgehead atoms. The molecule has 2 nitrogen and oxygen atoms in total. The van der Waals surface area contributed by atoms with Crippen molar-refractivity contribution in [1.82, 2.24) is 0 Å². The summed E-state index contributed by atoms with van der Waals surface area (Å²) in [5.74, 6) is 0. The van der Waals surface area contributed by atoms with E-state index in [4.69, 9.17) is 0 Å². The Morgan fingerprint density at radius 2 is 1.12 bits per heavy atom. The number of hydrogen-bond acceptors (Lipinski definition) is 0. The zero-order valence-corrected chi connectivity index (χ0v) is 27.4. The normalized spacial score (nSPS) is 13.3. The van der Waals surface area contributed by atoms with Crippen LogP contribution in [0.2, 0.25) is 10.8 Å². The topological polar surface area (TPSA) is 25.3 Å². The van der Waals surface area contributed by atoms with Gasteiger partial charge < -0.3 is 5.53 Å². The molecule has 0 atom stereocenters. The van der Waals surface area contributed by atoms with Crippen molar-refractivity contribution in [3.05, 3.63) is 87.5 Å². The second kappa shape index (κ2) is 20.0. The van der Waals surface area contributed by atoms with Gasteiger partial charge >= 0.3 is 64.8 Å². The van der Waals surface area contributed by atoms with E-state index in [0.29, 0.717) is 0 Å². The molecule has 0 unspecified atom stereocenters. The minimum absolute atomic E-state index is 0.938. The number of benzene rings is 2. The molecule has 1 aliphatic rings. The van der Waals surface area contributed by atoms with Crippen LogP contribution in [0, 0.1) is 0 Å². The van der Waals surface area contributed by atoms with Crippen LogP contribution in [0.4, 0.5) is 0 Å². The van der Waals surface area contributed by atoms with Gasteiger partial charge in [-0.3, -0.25) is 0 Å². The van der Waals surface area contributed by atoms with Crippen molar-refractivity contribution in [3.63, 3.8) is 0 Å². The molecule has 2 aromatic carbocycles. The third-order valence-electron chi connectivity index (χ3n) is 7.67. The molecule has 0 saturated carbocycles. The number of allylic oxidation sites excluding steroid dienone is 2. The molecule has 0 spiro atoms. The van der Waals surface area contributed by atoms with Crippen LogP contribution in [0.1, 0.15) is 134 Å². The Bertz CT molecular complexity index is 1090. The van der Waals surface area contributed by atoms with Crippen LogP contribution in [0.25, 0.3) is 16.9 Å². The summed E-state index contributed by atoms with van der Waals surface area (Å²) in [5, 5.41) is 2.78. The van der Waals surface area contributed by atoms with E-state index in [0.717, 1.165) is 41.8 Å². The summed E-state index contributed by atoms with van der Waals surface area (Å²) in [7, 11) is 0. The third kappa shape index (κ3) is 10.8. The number of hydrogen-bond donors (Lipinski definition) is 0. The first kappa shape index (κ1) is 34.2. The number of nitrogens with zero attached hydrogens (tertiary/aromatic N) is 2. The Labute approximate surface area is 253 Å². The Kier molecular flexibility index (Phi) is 17.1. The molecule has 40 heavy (non-hydrogen) atoms. The molecule has 0 saturated heterocycles. The molecule has 224 valence electrons. The van der Waals surface area contributed by atoms with E-state index in [1.165, 1.54) is 102 Å². The molecular formula is C37H56N2Ni. The van der Waals surface area contributed by atoms with Gasteiger partial charge in [-0.15, -0.1) is 0 Å². The van der Waals surface area contributed by atoms with Crippen molar-refractivity contribution in [3.8, 4) is 0 Å². The fourth-order valence-electron chi connectivity index (χ4n) is 5.08. The molecule has 0 N–H and O–H groups in total. The molecule has 0 aliphatic carbocycles. The van der Waals surface area contributed by atoms with Crippen molar-refractivity contribution in [1.29, 1.82) is 0 Å². The van der Waals surface area contributed by atoms with Gasteiger partial charge in [0.05, 0.1) is 0 Å². The van der Waals surface area contributed by atoms with E-state index < -0.39 is 0 Å². The van der Waals surface area contributed by atoms with Crippen molar-refractivity contribution in [2.75, 3.05) is 0 Å². The average molecular weight is 588 g/mol. The standard InChI is InChI=1S/C29H38N2.2C4H9.Ni/c1-5-8-9-10-11-12-19-27-22(4)28(25-17-13-15-23(6-2)20-25)31(30)29(27)26-18-14-16-24(7-3)21-26;2*1-3-4-2;/h13-18,20-21H,5-12,19H2,1-4H3;2*1,3-4H2,2H3;. The molecule has 1 aliphatic heterocycles. The van der Waals surface area contributed by atoms with Crippen LogP contribution < -0.4 is 0 Å². The van der Waals surface area contributed by atoms with E-state index >= 15 is 0 Å². The number of aryl methyl sites for hydroxylation is 2. The van der Waals surface area contributed by atoms with Gasteiger partial charge in [-0.05, 0) is 68.0 Å². The van der Waals surface area contributed by atoms with Gasteiger partial charge in [0.25, 0.3) is 0 Å². The van der Waals surface area contributed by atoms with Gasteiger partial charge in [-0.25, -0.2) is 4.70 Å². The van der Waals surface area contributed by atoms with Crippen LogP contribution in [0.5, 0.6) is 0 Å². The summed E-state index contributed by atoms with van der Waals surface area (Å²) in [6, 6.07) is 17.3. The molecule has 3 rings (SSSR count). The predicted molar refractivity (Wildman–Crippen MR) is 172 cm³/mol. The van der Waals surface area contributed by atoms with E-state index in [1.54, 1.807) is 0 Å². The molecule has 0 amide bonds. The first-order valence-corrected chi connectivity index (χ1v) is 17.5. The summed E-state index contributed by atoms with van der Waals surface area (Å²) < 4.78 is 1.46. The van der Waals surface area contributed by atoms with Crippen LogP contribution in [-0.2, 0) is 27.3 Å². The Morgan fingerprint density at radius 1 is 0.625 bits per heavy atom. The van der Waals surface area contributed by atoms with Crippen molar-refractivity contribution < 1.29 is 19.1 Å². The molecule has 0 aromatic heterocycles. The van der Waals surface area contributed by atoms with E-state index in [-0.39, 0.29) is 0 Å². The van der Waals surface area contributed by atoms with Crippen LogP contribution in [0.3, 0.4) is 0 Å². The second-order valence-corrected chi connectivity index (χ2v) is 12.4. The van der Waals surface area contributed by atoms with E-state index in [9.17, 15) is 5.53 Å². The van der Waals surface area contributed by atoms with Gasteiger partial charge in [-0.2, -0.15) is 0 Å². The number of rotatable bonds is 17. The second-order valence-electron chi connectivity index (χ2n) is 10.9. The van der Waals surface area contributed by atoms with Gasteiger partial charge in [0.1, 0.15) is 0 Å². The Morgan fingerprint density at radius 3 is 1.65 bits per heavy atom. The summed E-state index contributed by atoms with van der Waals surface area (Å²) in [6.45, 7) is 13.3. The monoisotopic (exact) mass is 586 g/mol. The third-order valence-corrected chi connectivity index (χ3v) is 9.07. The molecule has 3 heteroatoms. The maximum absolute atomic E-state index is 11.4.